The molecule has 0 radical (unpaired) electrons. The molecular formula is C16H12F2N4O. The average molecular weight is 314 g/mol. The standard InChI is InChI=1S/C16H12F2N4O/c17-9-1-2-10(12(18)7-9)11-8-13(11)21-16(23)14-15-20-4-6-22(15)5-3-19-14/h1-7,11,13H,8H2,(H,21,23)/t11-,13+/m1/s1. The van der Waals surface area contributed by atoms with E-state index in [4.69, 9.17) is 0 Å². The first kappa shape index (κ1) is 13.8. The maximum absolute atomic E-state index is 13.8. The van der Waals surface area contributed by atoms with E-state index in [1.807, 2.05) is 0 Å². The Labute approximate surface area is 130 Å². The molecule has 1 amide bonds. The predicted octanol–water partition coefficient (Wildman–Crippen LogP) is 2.29. The van der Waals surface area contributed by atoms with Crippen molar-refractivity contribution in [3.63, 3.8) is 0 Å². The fourth-order valence-corrected chi connectivity index (χ4v) is 2.75. The number of halogens is 2. The Morgan fingerprint density at radius 1 is 1.22 bits per heavy atom. The Morgan fingerprint density at radius 2 is 2.00 bits per heavy atom. The third kappa shape index (κ3) is 2.44. The van der Waals surface area contributed by atoms with Gasteiger partial charge in [0.2, 0.25) is 0 Å². The summed E-state index contributed by atoms with van der Waals surface area (Å²) in [4.78, 5) is 20.5. The van der Waals surface area contributed by atoms with E-state index in [-0.39, 0.29) is 23.6 Å². The highest BCUT2D eigenvalue weighted by Gasteiger charge is 2.41. The Bertz CT molecular complexity index is 908. The molecule has 2 atom stereocenters. The number of hydrogen-bond acceptors (Lipinski definition) is 3. The van der Waals surface area contributed by atoms with E-state index in [1.165, 1.54) is 18.3 Å². The largest absolute Gasteiger partial charge is 0.347 e. The first-order valence-corrected chi connectivity index (χ1v) is 7.17. The number of fused-ring (bicyclic) bond motifs is 1. The molecule has 0 saturated heterocycles. The lowest BCUT2D eigenvalue weighted by Gasteiger charge is -2.06. The van der Waals surface area contributed by atoms with Crippen LogP contribution in [0.1, 0.15) is 28.4 Å². The number of carbonyl (C=O) groups is 1. The topological polar surface area (TPSA) is 59.3 Å². The van der Waals surface area contributed by atoms with E-state index >= 15 is 0 Å². The van der Waals surface area contributed by atoms with Crippen LogP contribution in [0.4, 0.5) is 8.78 Å². The highest BCUT2D eigenvalue weighted by atomic mass is 19.1. The van der Waals surface area contributed by atoms with E-state index in [0.29, 0.717) is 17.6 Å². The second-order valence-electron chi connectivity index (χ2n) is 5.52. The monoisotopic (exact) mass is 314 g/mol. The molecule has 116 valence electrons. The van der Waals surface area contributed by atoms with Gasteiger partial charge in [0.1, 0.15) is 11.6 Å². The third-order valence-electron chi connectivity index (χ3n) is 4.00. The molecule has 1 saturated carbocycles. The molecule has 7 heteroatoms. The number of benzene rings is 1. The molecule has 4 rings (SSSR count). The second-order valence-corrected chi connectivity index (χ2v) is 5.52. The lowest BCUT2D eigenvalue weighted by atomic mass is 10.1. The van der Waals surface area contributed by atoms with Crippen molar-refractivity contribution in [2.45, 2.75) is 18.4 Å². The van der Waals surface area contributed by atoms with Gasteiger partial charge in [-0.3, -0.25) is 4.79 Å². The molecule has 0 unspecified atom stereocenters. The van der Waals surface area contributed by atoms with Gasteiger partial charge in [-0.25, -0.2) is 18.7 Å². The molecule has 1 fully saturated rings. The highest BCUT2D eigenvalue weighted by Crippen LogP contribution is 2.42. The van der Waals surface area contributed by atoms with Gasteiger partial charge in [-0.05, 0) is 18.1 Å². The van der Waals surface area contributed by atoms with Gasteiger partial charge in [0, 0.05) is 42.8 Å². The molecule has 0 aliphatic heterocycles. The summed E-state index contributed by atoms with van der Waals surface area (Å²) in [5, 5.41) is 2.83. The maximum Gasteiger partial charge on any atom is 0.273 e. The van der Waals surface area contributed by atoms with Gasteiger partial charge in [0.05, 0.1) is 0 Å². The van der Waals surface area contributed by atoms with Crippen molar-refractivity contribution in [1.82, 2.24) is 19.7 Å². The van der Waals surface area contributed by atoms with Crippen molar-refractivity contribution in [1.29, 1.82) is 0 Å². The number of nitrogens with one attached hydrogen (secondary N) is 1. The van der Waals surface area contributed by atoms with Gasteiger partial charge < -0.3 is 9.72 Å². The van der Waals surface area contributed by atoms with E-state index in [0.717, 1.165) is 6.07 Å². The van der Waals surface area contributed by atoms with E-state index < -0.39 is 11.6 Å². The molecule has 0 bridgehead atoms. The third-order valence-corrected chi connectivity index (χ3v) is 4.00. The number of imidazole rings is 1. The zero-order valence-corrected chi connectivity index (χ0v) is 11.9. The molecule has 0 spiro atoms. The van der Waals surface area contributed by atoms with Crippen LogP contribution >= 0.6 is 0 Å². The average Bonchev–Trinajstić information content (AvgIpc) is 3.09. The van der Waals surface area contributed by atoms with Crippen molar-refractivity contribution in [3.8, 4) is 0 Å². The summed E-state index contributed by atoms with van der Waals surface area (Å²) >= 11 is 0. The molecule has 1 aromatic carbocycles. The van der Waals surface area contributed by atoms with Crippen molar-refractivity contribution < 1.29 is 13.6 Å². The Kier molecular flexibility index (Phi) is 3.07. The van der Waals surface area contributed by atoms with Gasteiger partial charge in [-0.1, -0.05) is 6.07 Å². The molecule has 5 nitrogen and oxygen atoms in total. The molecule has 3 aromatic rings. The fourth-order valence-electron chi connectivity index (χ4n) is 2.75. The molecular weight excluding hydrogens is 302 g/mol. The van der Waals surface area contributed by atoms with Crippen LogP contribution in [0, 0.1) is 11.6 Å². The van der Waals surface area contributed by atoms with Crippen molar-refractivity contribution >= 4 is 11.6 Å². The maximum atomic E-state index is 13.8. The van der Waals surface area contributed by atoms with Gasteiger partial charge >= 0.3 is 0 Å². The van der Waals surface area contributed by atoms with E-state index in [1.54, 1.807) is 23.0 Å². The van der Waals surface area contributed by atoms with Crippen LogP contribution in [-0.2, 0) is 0 Å². The lowest BCUT2D eigenvalue weighted by Crippen LogP contribution is -2.28. The van der Waals surface area contributed by atoms with Crippen LogP contribution in [-0.4, -0.2) is 26.3 Å². The van der Waals surface area contributed by atoms with E-state index in [2.05, 4.69) is 15.3 Å². The number of aromatic nitrogens is 3. The number of hydrogen-bond donors (Lipinski definition) is 1. The van der Waals surface area contributed by atoms with Crippen LogP contribution < -0.4 is 5.32 Å². The van der Waals surface area contributed by atoms with Crippen molar-refractivity contribution in [3.05, 3.63) is 65.9 Å². The minimum absolute atomic E-state index is 0.140. The summed E-state index contributed by atoms with van der Waals surface area (Å²) in [7, 11) is 0. The molecule has 1 aliphatic carbocycles. The summed E-state index contributed by atoms with van der Waals surface area (Å²) < 4.78 is 28.4. The van der Waals surface area contributed by atoms with Gasteiger partial charge in [-0.15, -0.1) is 0 Å². The van der Waals surface area contributed by atoms with Crippen LogP contribution in [0.25, 0.3) is 5.65 Å². The summed E-state index contributed by atoms with van der Waals surface area (Å²) in [6.07, 6.45) is 7.15. The normalized spacial score (nSPS) is 19.7. The summed E-state index contributed by atoms with van der Waals surface area (Å²) in [5.74, 6) is -1.68. The van der Waals surface area contributed by atoms with Gasteiger partial charge in [-0.2, -0.15) is 0 Å². The quantitative estimate of drug-likeness (QED) is 0.807. The number of nitrogens with zero attached hydrogens (tertiary/aromatic N) is 3. The van der Waals surface area contributed by atoms with Crippen LogP contribution in [0.15, 0.2) is 43.0 Å². The van der Waals surface area contributed by atoms with Crippen LogP contribution in [0.3, 0.4) is 0 Å². The Hall–Kier alpha value is -2.83. The summed E-state index contributed by atoms with van der Waals surface area (Å²) in [5.41, 5.74) is 1.11. The van der Waals surface area contributed by atoms with Gasteiger partial charge in [0.15, 0.2) is 11.3 Å². The fraction of sp³-hybridized carbons (Fsp3) is 0.188. The second kappa shape index (κ2) is 5.12. The minimum Gasteiger partial charge on any atom is -0.347 e. The van der Waals surface area contributed by atoms with Crippen molar-refractivity contribution in [2.75, 3.05) is 0 Å². The lowest BCUT2D eigenvalue weighted by molar-refractivity contribution is 0.0946. The van der Waals surface area contributed by atoms with Gasteiger partial charge in [0.25, 0.3) is 5.91 Å². The zero-order chi connectivity index (χ0) is 16.0. The highest BCUT2D eigenvalue weighted by molar-refractivity contribution is 5.98. The first-order chi connectivity index (χ1) is 11.1. The minimum atomic E-state index is -0.609. The van der Waals surface area contributed by atoms with E-state index in [9.17, 15) is 13.6 Å². The predicted molar refractivity (Wildman–Crippen MR) is 78.0 cm³/mol. The summed E-state index contributed by atoms with van der Waals surface area (Å²) in [6.45, 7) is 0. The first-order valence-electron chi connectivity index (χ1n) is 7.17. The Morgan fingerprint density at radius 3 is 2.78 bits per heavy atom. The molecule has 2 heterocycles. The molecule has 1 aliphatic rings. The zero-order valence-electron chi connectivity index (χ0n) is 11.9. The Balaban J connectivity index is 1.51. The van der Waals surface area contributed by atoms with Crippen molar-refractivity contribution in [2.24, 2.45) is 0 Å². The smallest absolute Gasteiger partial charge is 0.273 e. The SMILES string of the molecule is O=C(N[C@H]1C[C@@H]1c1ccc(F)cc1F)c1nccn2ccnc12. The summed E-state index contributed by atoms with van der Waals surface area (Å²) in [6, 6.07) is 3.33. The molecule has 23 heavy (non-hydrogen) atoms. The van der Waals surface area contributed by atoms with Crippen LogP contribution in [0.2, 0.25) is 0 Å². The molecule has 2 aromatic heterocycles. The molecule has 1 N–H and O–H groups in total. The number of amides is 1. The number of carbonyl (C=O) groups excluding carboxylic acids is 1. The van der Waals surface area contributed by atoms with Crippen LogP contribution in [0.5, 0.6) is 0 Å². The number of rotatable bonds is 3.